The van der Waals surface area contributed by atoms with Gasteiger partial charge in [-0.25, -0.2) is 4.79 Å². The van der Waals surface area contributed by atoms with Gasteiger partial charge in [0.2, 0.25) is 0 Å². The summed E-state index contributed by atoms with van der Waals surface area (Å²) in [4.78, 5) is 38.9. The molecule has 4 aromatic rings. The minimum Gasteiger partial charge on any atom is -0.491 e. The molecule has 2 heterocycles. The fraction of sp³-hybridized carbons (Fsp3) is 0.200. The Kier molecular flexibility index (Phi) is 6.74. The number of rotatable bonds is 7. The molecule has 0 aliphatic carbocycles. The Morgan fingerprint density at radius 2 is 1.79 bits per heavy atom. The number of esters is 1. The topological polar surface area (TPSA) is 99.5 Å². The first kappa shape index (κ1) is 23.2. The number of benzene rings is 2. The molecule has 0 aliphatic rings. The van der Waals surface area contributed by atoms with Crippen LogP contribution in [0.15, 0.2) is 64.8 Å². The first-order chi connectivity index (χ1) is 16.4. The van der Waals surface area contributed by atoms with Crippen molar-refractivity contribution in [3.63, 3.8) is 0 Å². The third-order valence-electron chi connectivity index (χ3n) is 4.84. The number of aromatic nitrogens is 2. The van der Waals surface area contributed by atoms with Gasteiger partial charge in [0.25, 0.3) is 11.5 Å². The number of fused-ring (bicyclic) bond motifs is 1. The van der Waals surface area contributed by atoms with Crippen molar-refractivity contribution >= 4 is 39.0 Å². The van der Waals surface area contributed by atoms with Crippen LogP contribution in [0.25, 0.3) is 16.5 Å². The van der Waals surface area contributed by atoms with Crippen molar-refractivity contribution < 1.29 is 19.1 Å². The summed E-state index contributed by atoms with van der Waals surface area (Å²) in [6.07, 6.45) is 0.0196. The summed E-state index contributed by atoms with van der Waals surface area (Å²) in [5, 5.41) is 9.56. The highest BCUT2D eigenvalue weighted by molar-refractivity contribution is 7.16. The molecule has 0 saturated heterocycles. The van der Waals surface area contributed by atoms with Crippen molar-refractivity contribution in [3.8, 4) is 11.4 Å². The van der Waals surface area contributed by atoms with E-state index in [1.54, 1.807) is 60.8 Å². The Hall–Kier alpha value is -3.98. The SMILES string of the molecule is CCOC(=O)c1nn(-c2ccccc2)c(=O)c2c(NC(=O)c3ccc(OC(C)C)cc3)scc12. The molecule has 4 rings (SSSR count). The van der Waals surface area contributed by atoms with E-state index in [4.69, 9.17) is 9.47 Å². The monoisotopic (exact) mass is 477 g/mol. The third-order valence-corrected chi connectivity index (χ3v) is 5.73. The van der Waals surface area contributed by atoms with Crippen LogP contribution in [0.5, 0.6) is 5.75 Å². The van der Waals surface area contributed by atoms with E-state index < -0.39 is 11.5 Å². The van der Waals surface area contributed by atoms with Gasteiger partial charge in [-0.05, 0) is 57.2 Å². The lowest BCUT2D eigenvalue weighted by Crippen LogP contribution is -2.25. The number of hydrogen-bond donors (Lipinski definition) is 1. The Balaban J connectivity index is 1.76. The largest absolute Gasteiger partial charge is 0.491 e. The molecule has 8 nitrogen and oxygen atoms in total. The van der Waals surface area contributed by atoms with Crippen molar-refractivity contribution in [2.45, 2.75) is 26.9 Å². The quantitative estimate of drug-likeness (QED) is 0.389. The van der Waals surface area contributed by atoms with Gasteiger partial charge in [-0.3, -0.25) is 9.59 Å². The fourth-order valence-electron chi connectivity index (χ4n) is 3.37. The normalized spacial score (nSPS) is 10.9. The zero-order valence-corrected chi connectivity index (χ0v) is 19.7. The minimum absolute atomic E-state index is 0.00670. The molecule has 0 aliphatic heterocycles. The second-order valence-corrected chi connectivity index (χ2v) is 8.50. The van der Waals surface area contributed by atoms with Gasteiger partial charge >= 0.3 is 5.97 Å². The highest BCUT2D eigenvalue weighted by Gasteiger charge is 2.23. The predicted octanol–water partition coefficient (Wildman–Crippen LogP) is 4.66. The number of thiophene rings is 1. The lowest BCUT2D eigenvalue weighted by molar-refractivity contribution is 0.0520. The molecule has 0 spiro atoms. The van der Waals surface area contributed by atoms with Gasteiger partial charge in [-0.2, -0.15) is 9.78 Å². The van der Waals surface area contributed by atoms with Crippen molar-refractivity contribution in [1.82, 2.24) is 9.78 Å². The molecule has 0 unspecified atom stereocenters. The standard InChI is InChI=1S/C25H23N3O5S/c1-4-32-25(31)21-19-14-34-23(20(19)24(30)28(27-21)17-8-6-5-7-9-17)26-22(29)16-10-12-18(13-11-16)33-15(2)3/h5-15H,4H2,1-3H3,(H,26,29). The first-order valence-corrected chi connectivity index (χ1v) is 11.6. The van der Waals surface area contributed by atoms with Gasteiger partial charge in [0, 0.05) is 16.3 Å². The van der Waals surface area contributed by atoms with Crippen LogP contribution in [0.1, 0.15) is 41.6 Å². The van der Waals surface area contributed by atoms with E-state index in [1.165, 1.54) is 0 Å². The zero-order valence-electron chi connectivity index (χ0n) is 18.9. The van der Waals surface area contributed by atoms with Crippen LogP contribution in [-0.2, 0) is 4.74 Å². The van der Waals surface area contributed by atoms with Gasteiger partial charge < -0.3 is 14.8 Å². The molecular formula is C25H23N3O5S. The number of para-hydroxylation sites is 1. The van der Waals surface area contributed by atoms with Crippen LogP contribution in [0.2, 0.25) is 0 Å². The van der Waals surface area contributed by atoms with Crippen LogP contribution < -0.4 is 15.6 Å². The van der Waals surface area contributed by atoms with Crippen LogP contribution in [0, 0.1) is 0 Å². The van der Waals surface area contributed by atoms with Crippen LogP contribution >= 0.6 is 11.3 Å². The number of nitrogens with one attached hydrogen (secondary N) is 1. The summed E-state index contributed by atoms with van der Waals surface area (Å²) in [5.74, 6) is -0.377. The van der Waals surface area contributed by atoms with E-state index in [2.05, 4.69) is 10.4 Å². The average Bonchev–Trinajstić information content (AvgIpc) is 3.24. The number of hydrogen-bond acceptors (Lipinski definition) is 7. The van der Waals surface area contributed by atoms with E-state index in [0.717, 1.165) is 16.0 Å². The predicted molar refractivity (Wildman–Crippen MR) is 131 cm³/mol. The number of anilines is 1. The Bertz CT molecular complexity index is 1390. The summed E-state index contributed by atoms with van der Waals surface area (Å²) < 4.78 is 11.9. The van der Waals surface area contributed by atoms with Crippen LogP contribution in [-0.4, -0.2) is 34.4 Å². The van der Waals surface area contributed by atoms with Crippen molar-refractivity contribution in [2.75, 3.05) is 11.9 Å². The molecule has 2 aromatic carbocycles. The number of carbonyl (C=O) groups is 2. The molecule has 0 fully saturated rings. The molecule has 1 amide bonds. The highest BCUT2D eigenvalue weighted by Crippen LogP contribution is 2.31. The maximum absolute atomic E-state index is 13.4. The number of amides is 1. The molecule has 2 aromatic heterocycles. The molecule has 0 radical (unpaired) electrons. The Morgan fingerprint density at radius 3 is 2.44 bits per heavy atom. The zero-order chi connectivity index (χ0) is 24.2. The number of carbonyl (C=O) groups excluding carboxylic acids is 2. The molecule has 0 saturated carbocycles. The van der Waals surface area contributed by atoms with Gasteiger partial charge in [0.15, 0.2) is 5.69 Å². The second-order valence-electron chi connectivity index (χ2n) is 7.62. The van der Waals surface area contributed by atoms with Gasteiger partial charge in [0.05, 0.1) is 23.8 Å². The van der Waals surface area contributed by atoms with Crippen LogP contribution in [0.4, 0.5) is 5.00 Å². The lowest BCUT2D eigenvalue weighted by atomic mass is 10.2. The van der Waals surface area contributed by atoms with Gasteiger partial charge in [-0.1, -0.05) is 18.2 Å². The third kappa shape index (κ3) is 4.69. The Labute approximate surface area is 199 Å². The molecule has 0 bridgehead atoms. The Morgan fingerprint density at radius 1 is 1.09 bits per heavy atom. The average molecular weight is 478 g/mol. The smallest absolute Gasteiger partial charge is 0.359 e. The highest BCUT2D eigenvalue weighted by atomic mass is 32.1. The van der Waals surface area contributed by atoms with E-state index >= 15 is 0 Å². The molecule has 0 atom stereocenters. The van der Waals surface area contributed by atoms with Crippen molar-refractivity contribution in [3.05, 3.63) is 81.6 Å². The maximum Gasteiger partial charge on any atom is 0.359 e. The van der Waals surface area contributed by atoms with Gasteiger partial charge in [-0.15, -0.1) is 11.3 Å². The van der Waals surface area contributed by atoms with Crippen molar-refractivity contribution in [1.29, 1.82) is 0 Å². The van der Waals surface area contributed by atoms with Crippen LogP contribution in [0.3, 0.4) is 0 Å². The van der Waals surface area contributed by atoms with E-state index in [1.807, 2.05) is 19.9 Å². The second kappa shape index (κ2) is 9.88. The first-order valence-electron chi connectivity index (χ1n) is 10.7. The summed E-state index contributed by atoms with van der Waals surface area (Å²) in [5.41, 5.74) is 0.448. The number of ether oxygens (including phenoxy) is 2. The van der Waals surface area contributed by atoms with E-state index in [-0.39, 0.29) is 29.7 Å². The summed E-state index contributed by atoms with van der Waals surface area (Å²) in [6.45, 7) is 5.70. The fourth-order valence-corrected chi connectivity index (χ4v) is 4.30. The number of nitrogens with zero attached hydrogens (tertiary/aromatic N) is 2. The van der Waals surface area contributed by atoms with E-state index in [9.17, 15) is 14.4 Å². The lowest BCUT2D eigenvalue weighted by Gasteiger charge is -2.11. The summed E-state index contributed by atoms with van der Waals surface area (Å²) >= 11 is 1.15. The van der Waals surface area contributed by atoms with Gasteiger partial charge in [0.1, 0.15) is 10.8 Å². The molecular weight excluding hydrogens is 454 g/mol. The minimum atomic E-state index is -0.645. The molecule has 1 N–H and O–H groups in total. The summed E-state index contributed by atoms with van der Waals surface area (Å²) in [7, 11) is 0. The molecule has 174 valence electrons. The summed E-state index contributed by atoms with van der Waals surface area (Å²) in [6, 6.07) is 15.5. The molecule has 9 heteroatoms. The maximum atomic E-state index is 13.4. The van der Waals surface area contributed by atoms with Crippen molar-refractivity contribution in [2.24, 2.45) is 0 Å². The molecule has 34 heavy (non-hydrogen) atoms. The van der Waals surface area contributed by atoms with E-state index in [0.29, 0.717) is 27.4 Å².